The second-order valence-electron chi connectivity index (χ2n) is 4.83. The van der Waals surface area contributed by atoms with Crippen LogP contribution in [0, 0.1) is 0 Å². The Morgan fingerprint density at radius 2 is 1.87 bits per heavy atom. The van der Waals surface area contributed by atoms with Gasteiger partial charge < -0.3 is 4.74 Å². The molecule has 0 aliphatic carbocycles. The molecule has 0 aliphatic rings. The van der Waals surface area contributed by atoms with E-state index in [1.165, 1.54) is 16.5 Å². The number of nitrogens with zero attached hydrogens (tertiary/aromatic N) is 1. The summed E-state index contributed by atoms with van der Waals surface area (Å²) in [6.45, 7) is 0.184. The first kappa shape index (κ1) is 15.2. The number of esters is 1. The monoisotopic (exact) mass is 321 g/mol. The number of ether oxygens (including phenoxy) is 1. The number of hydrogen-bond acceptors (Lipinski definition) is 4. The lowest BCUT2D eigenvalue weighted by Gasteiger charge is -2.00. The van der Waals surface area contributed by atoms with Crippen molar-refractivity contribution < 1.29 is 9.53 Å². The average molecular weight is 321 g/mol. The standard InChI is InChI=1S/C19H15NO2S/c21-19(22-14-16-8-4-5-13-20-16)12-10-17-9-11-18(23-17)15-6-2-1-3-7-15/h1-13H,14H2. The maximum atomic E-state index is 11.7. The van der Waals surface area contributed by atoms with E-state index < -0.39 is 0 Å². The molecule has 0 amide bonds. The first-order valence-electron chi connectivity index (χ1n) is 7.21. The third kappa shape index (κ3) is 4.37. The molecule has 0 N–H and O–H groups in total. The summed E-state index contributed by atoms with van der Waals surface area (Å²) in [5.74, 6) is -0.370. The van der Waals surface area contributed by atoms with E-state index in [4.69, 9.17) is 4.74 Å². The Balaban J connectivity index is 1.58. The van der Waals surface area contributed by atoms with Crippen LogP contribution in [0.5, 0.6) is 0 Å². The maximum Gasteiger partial charge on any atom is 0.331 e. The number of hydrogen-bond donors (Lipinski definition) is 0. The van der Waals surface area contributed by atoms with E-state index in [1.54, 1.807) is 23.6 Å². The zero-order valence-electron chi connectivity index (χ0n) is 12.4. The van der Waals surface area contributed by atoms with Gasteiger partial charge in [-0.1, -0.05) is 36.4 Å². The Kier molecular flexibility index (Phi) is 4.96. The molecule has 0 saturated carbocycles. The van der Waals surface area contributed by atoms with Gasteiger partial charge in [0.05, 0.1) is 5.69 Å². The van der Waals surface area contributed by atoms with E-state index >= 15 is 0 Å². The van der Waals surface area contributed by atoms with Crippen LogP contribution in [0.3, 0.4) is 0 Å². The number of aromatic nitrogens is 1. The van der Waals surface area contributed by atoms with Crippen LogP contribution in [-0.2, 0) is 16.1 Å². The van der Waals surface area contributed by atoms with E-state index in [2.05, 4.69) is 23.2 Å². The van der Waals surface area contributed by atoms with Crippen LogP contribution in [0.2, 0.25) is 0 Å². The zero-order chi connectivity index (χ0) is 15.9. The topological polar surface area (TPSA) is 39.2 Å². The predicted octanol–water partition coefficient (Wildman–Crippen LogP) is 4.57. The maximum absolute atomic E-state index is 11.7. The molecule has 0 radical (unpaired) electrons. The fourth-order valence-corrected chi connectivity index (χ4v) is 2.94. The van der Waals surface area contributed by atoms with Gasteiger partial charge >= 0.3 is 5.97 Å². The number of benzene rings is 1. The van der Waals surface area contributed by atoms with Gasteiger partial charge in [-0.05, 0) is 35.9 Å². The summed E-state index contributed by atoms with van der Waals surface area (Å²) < 4.78 is 5.16. The highest BCUT2D eigenvalue weighted by Gasteiger charge is 2.02. The second-order valence-corrected chi connectivity index (χ2v) is 5.95. The first-order chi connectivity index (χ1) is 11.3. The van der Waals surface area contributed by atoms with Gasteiger partial charge in [0.1, 0.15) is 6.61 Å². The van der Waals surface area contributed by atoms with Crippen molar-refractivity contribution in [3.8, 4) is 10.4 Å². The van der Waals surface area contributed by atoms with Crippen molar-refractivity contribution in [1.29, 1.82) is 0 Å². The van der Waals surface area contributed by atoms with Crippen LogP contribution in [0.15, 0.2) is 72.9 Å². The van der Waals surface area contributed by atoms with Gasteiger partial charge in [0.15, 0.2) is 0 Å². The summed E-state index contributed by atoms with van der Waals surface area (Å²) in [5.41, 5.74) is 1.91. The van der Waals surface area contributed by atoms with E-state index in [0.29, 0.717) is 0 Å². The Hall–Kier alpha value is -2.72. The third-order valence-electron chi connectivity index (χ3n) is 3.16. The minimum Gasteiger partial charge on any atom is -0.456 e. The van der Waals surface area contributed by atoms with Gasteiger partial charge in [-0.15, -0.1) is 11.3 Å². The number of thiophene rings is 1. The molecule has 23 heavy (non-hydrogen) atoms. The SMILES string of the molecule is O=C(C=Cc1ccc(-c2ccccc2)s1)OCc1ccccn1. The molecule has 3 rings (SSSR count). The summed E-state index contributed by atoms with van der Waals surface area (Å²) in [7, 11) is 0. The molecule has 4 heteroatoms. The van der Waals surface area contributed by atoms with Gasteiger partial charge in [0.2, 0.25) is 0 Å². The van der Waals surface area contributed by atoms with E-state index in [9.17, 15) is 4.79 Å². The summed E-state index contributed by atoms with van der Waals surface area (Å²) >= 11 is 1.64. The second kappa shape index (κ2) is 7.51. The fourth-order valence-electron chi connectivity index (χ4n) is 2.03. The van der Waals surface area contributed by atoms with Gasteiger partial charge in [-0.25, -0.2) is 4.79 Å². The number of pyridine rings is 1. The van der Waals surface area contributed by atoms with Gasteiger partial charge in [-0.3, -0.25) is 4.98 Å². The molecule has 114 valence electrons. The van der Waals surface area contributed by atoms with Crippen molar-refractivity contribution in [3.63, 3.8) is 0 Å². The highest BCUT2D eigenvalue weighted by atomic mass is 32.1. The number of carbonyl (C=O) groups excluding carboxylic acids is 1. The van der Waals surface area contributed by atoms with Crippen LogP contribution >= 0.6 is 11.3 Å². The summed E-state index contributed by atoms with van der Waals surface area (Å²) in [5, 5.41) is 0. The Bertz CT molecular complexity index is 795. The Morgan fingerprint density at radius 3 is 2.65 bits per heavy atom. The lowest BCUT2D eigenvalue weighted by Crippen LogP contribution is -2.01. The lowest BCUT2D eigenvalue weighted by molar-refractivity contribution is -0.139. The van der Waals surface area contributed by atoms with E-state index in [-0.39, 0.29) is 12.6 Å². The molecule has 2 heterocycles. The molecule has 0 unspecified atom stereocenters. The highest BCUT2D eigenvalue weighted by molar-refractivity contribution is 7.16. The van der Waals surface area contributed by atoms with Crippen molar-refractivity contribution in [2.75, 3.05) is 0 Å². The summed E-state index contributed by atoms with van der Waals surface area (Å²) in [6, 6.07) is 19.7. The van der Waals surface area contributed by atoms with Crippen LogP contribution < -0.4 is 0 Å². The van der Waals surface area contributed by atoms with Crippen molar-refractivity contribution in [1.82, 2.24) is 4.98 Å². The van der Waals surface area contributed by atoms with Gasteiger partial charge in [0, 0.05) is 22.0 Å². The molecule has 1 aromatic carbocycles. The highest BCUT2D eigenvalue weighted by Crippen LogP contribution is 2.28. The van der Waals surface area contributed by atoms with Crippen LogP contribution in [0.1, 0.15) is 10.6 Å². The first-order valence-corrected chi connectivity index (χ1v) is 8.03. The Morgan fingerprint density at radius 1 is 1.04 bits per heavy atom. The third-order valence-corrected chi connectivity index (χ3v) is 4.26. The molecule has 0 aliphatic heterocycles. The quantitative estimate of drug-likeness (QED) is 0.510. The van der Waals surface area contributed by atoms with Crippen molar-refractivity contribution in [2.45, 2.75) is 6.61 Å². The molecule has 2 aromatic heterocycles. The van der Waals surface area contributed by atoms with E-state index in [0.717, 1.165) is 10.6 Å². The molecule has 0 saturated heterocycles. The molecule has 3 aromatic rings. The van der Waals surface area contributed by atoms with Crippen LogP contribution in [-0.4, -0.2) is 11.0 Å². The van der Waals surface area contributed by atoms with Crippen LogP contribution in [0.25, 0.3) is 16.5 Å². The molecule has 0 fully saturated rings. The smallest absolute Gasteiger partial charge is 0.331 e. The zero-order valence-corrected chi connectivity index (χ0v) is 13.2. The molecular weight excluding hydrogens is 306 g/mol. The fraction of sp³-hybridized carbons (Fsp3) is 0.0526. The molecular formula is C19H15NO2S. The predicted molar refractivity (Wildman–Crippen MR) is 92.8 cm³/mol. The lowest BCUT2D eigenvalue weighted by atomic mass is 10.2. The van der Waals surface area contributed by atoms with Crippen molar-refractivity contribution in [3.05, 3.63) is 83.5 Å². The molecule has 3 nitrogen and oxygen atoms in total. The van der Waals surface area contributed by atoms with Gasteiger partial charge in [-0.2, -0.15) is 0 Å². The molecule has 0 spiro atoms. The minimum absolute atomic E-state index is 0.184. The molecule has 0 bridgehead atoms. The molecule has 0 atom stereocenters. The normalized spacial score (nSPS) is 10.8. The Labute approximate surface area is 138 Å². The number of rotatable bonds is 5. The number of carbonyl (C=O) groups is 1. The minimum atomic E-state index is -0.370. The van der Waals surface area contributed by atoms with Crippen molar-refractivity contribution >= 4 is 23.4 Å². The average Bonchev–Trinajstić information content (AvgIpc) is 3.09. The van der Waals surface area contributed by atoms with Crippen molar-refractivity contribution in [2.24, 2.45) is 0 Å². The largest absolute Gasteiger partial charge is 0.456 e. The van der Waals surface area contributed by atoms with Crippen LogP contribution in [0.4, 0.5) is 0 Å². The van der Waals surface area contributed by atoms with Gasteiger partial charge in [0.25, 0.3) is 0 Å². The summed E-state index contributed by atoms with van der Waals surface area (Å²) in [4.78, 5) is 18.0. The summed E-state index contributed by atoms with van der Waals surface area (Å²) in [6.07, 6.45) is 4.90. The van der Waals surface area contributed by atoms with E-state index in [1.807, 2.05) is 42.5 Å².